The van der Waals surface area contributed by atoms with Crippen molar-refractivity contribution in [3.63, 3.8) is 0 Å². The van der Waals surface area contributed by atoms with Crippen molar-refractivity contribution < 1.29 is 9.90 Å². The summed E-state index contributed by atoms with van der Waals surface area (Å²) in [4.78, 5) is 11.7. The molecule has 22 heavy (non-hydrogen) atoms. The van der Waals surface area contributed by atoms with Crippen molar-refractivity contribution in [1.29, 1.82) is 0 Å². The summed E-state index contributed by atoms with van der Waals surface area (Å²) in [5, 5.41) is 12.1. The fourth-order valence-electron chi connectivity index (χ4n) is 2.48. The van der Waals surface area contributed by atoms with Crippen LogP contribution in [0.15, 0.2) is 66.7 Å². The standard InChI is InChI=1S/C19H13ClO2/c20-15-8-3-5-13(11-15)12-18(19(21)22)17-10-4-7-14-6-1-2-9-16(14)17/h1-12H,(H,21,22)/b18-12-. The average Bonchev–Trinajstić information content (AvgIpc) is 2.52. The second-order valence-corrected chi connectivity index (χ2v) is 5.38. The normalized spacial score (nSPS) is 11.6. The highest BCUT2D eigenvalue weighted by Gasteiger charge is 2.13. The first-order valence-corrected chi connectivity index (χ1v) is 7.21. The first-order valence-electron chi connectivity index (χ1n) is 6.84. The van der Waals surface area contributed by atoms with Crippen molar-refractivity contribution in [2.75, 3.05) is 0 Å². The summed E-state index contributed by atoms with van der Waals surface area (Å²) in [6, 6.07) is 20.6. The molecule has 1 N–H and O–H groups in total. The number of carboxylic acids is 1. The molecule has 0 aliphatic carbocycles. The molecule has 0 fully saturated rings. The third-order valence-electron chi connectivity index (χ3n) is 3.47. The van der Waals surface area contributed by atoms with Gasteiger partial charge in [0.1, 0.15) is 0 Å². The molecule has 3 aromatic carbocycles. The van der Waals surface area contributed by atoms with Crippen LogP contribution in [0.2, 0.25) is 5.02 Å². The van der Waals surface area contributed by atoms with Crippen LogP contribution in [-0.4, -0.2) is 11.1 Å². The highest BCUT2D eigenvalue weighted by atomic mass is 35.5. The van der Waals surface area contributed by atoms with Crippen molar-refractivity contribution in [2.24, 2.45) is 0 Å². The molecular formula is C19H13ClO2. The predicted octanol–water partition coefficient (Wildman–Crippen LogP) is 5.12. The first-order chi connectivity index (χ1) is 10.6. The number of benzene rings is 3. The molecule has 3 aromatic rings. The van der Waals surface area contributed by atoms with E-state index in [1.807, 2.05) is 48.5 Å². The van der Waals surface area contributed by atoms with Crippen LogP contribution in [-0.2, 0) is 4.79 Å². The minimum Gasteiger partial charge on any atom is -0.478 e. The number of carboxylic acid groups (broad SMARTS) is 1. The maximum absolute atomic E-state index is 11.7. The second-order valence-electron chi connectivity index (χ2n) is 4.94. The molecule has 2 nitrogen and oxygen atoms in total. The molecule has 3 rings (SSSR count). The van der Waals surface area contributed by atoms with Crippen LogP contribution in [0.1, 0.15) is 11.1 Å². The van der Waals surface area contributed by atoms with E-state index in [-0.39, 0.29) is 5.57 Å². The van der Waals surface area contributed by atoms with Crippen LogP contribution in [0.3, 0.4) is 0 Å². The summed E-state index contributed by atoms with van der Waals surface area (Å²) < 4.78 is 0. The summed E-state index contributed by atoms with van der Waals surface area (Å²) in [5.74, 6) is -0.962. The lowest BCUT2D eigenvalue weighted by Crippen LogP contribution is -2.00. The molecule has 0 radical (unpaired) electrons. The van der Waals surface area contributed by atoms with Crippen LogP contribution in [0.25, 0.3) is 22.4 Å². The first kappa shape index (κ1) is 14.4. The molecule has 0 saturated heterocycles. The van der Waals surface area contributed by atoms with Gasteiger partial charge in [0.2, 0.25) is 0 Å². The number of rotatable bonds is 3. The van der Waals surface area contributed by atoms with E-state index >= 15 is 0 Å². The lowest BCUT2D eigenvalue weighted by atomic mass is 9.96. The van der Waals surface area contributed by atoms with Gasteiger partial charge in [0.05, 0.1) is 5.57 Å². The van der Waals surface area contributed by atoms with Gasteiger partial charge in [0.25, 0.3) is 0 Å². The van der Waals surface area contributed by atoms with Crippen molar-refractivity contribution in [3.05, 3.63) is 82.9 Å². The fraction of sp³-hybridized carbons (Fsp3) is 0. The quantitative estimate of drug-likeness (QED) is 0.538. The van der Waals surface area contributed by atoms with E-state index in [0.717, 1.165) is 16.3 Å². The SMILES string of the molecule is O=C(O)/C(=C\c1cccc(Cl)c1)c1cccc2ccccc12. The van der Waals surface area contributed by atoms with Crippen LogP contribution in [0.4, 0.5) is 0 Å². The number of carbonyl (C=O) groups is 1. The Morgan fingerprint density at radius 3 is 2.45 bits per heavy atom. The summed E-state index contributed by atoms with van der Waals surface area (Å²) in [6.07, 6.45) is 1.65. The molecule has 0 atom stereocenters. The summed E-state index contributed by atoms with van der Waals surface area (Å²) in [5.41, 5.74) is 1.71. The largest absolute Gasteiger partial charge is 0.478 e. The van der Waals surface area contributed by atoms with Gasteiger partial charge in [-0.1, -0.05) is 66.2 Å². The van der Waals surface area contributed by atoms with Gasteiger partial charge >= 0.3 is 5.97 Å². The van der Waals surface area contributed by atoms with Gasteiger partial charge in [-0.05, 0) is 40.1 Å². The van der Waals surface area contributed by atoms with E-state index in [9.17, 15) is 9.90 Å². The van der Waals surface area contributed by atoms with E-state index in [2.05, 4.69) is 0 Å². The Kier molecular flexibility index (Phi) is 3.94. The summed E-state index contributed by atoms with van der Waals surface area (Å²) in [7, 11) is 0. The van der Waals surface area contributed by atoms with Gasteiger partial charge in [0.15, 0.2) is 0 Å². The molecule has 0 aliphatic rings. The van der Waals surface area contributed by atoms with Crippen LogP contribution in [0.5, 0.6) is 0 Å². The van der Waals surface area contributed by atoms with Crippen LogP contribution >= 0.6 is 11.6 Å². The third-order valence-corrected chi connectivity index (χ3v) is 3.70. The Bertz CT molecular complexity index is 876. The van der Waals surface area contributed by atoms with Gasteiger partial charge in [-0.15, -0.1) is 0 Å². The van der Waals surface area contributed by atoms with Crippen molar-refractivity contribution in [2.45, 2.75) is 0 Å². The Balaban J connectivity index is 2.21. The molecular weight excluding hydrogens is 296 g/mol. The Labute approximate surface area is 133 Å². The zero-order valence-electron chi connectivity index (χ0n) is 11.7. The number of fused-ring (bicyclic) bond motifs is 1. The molecule has 0 saturated carbocycles. The number of halogens is 1. The third kappa shape index (κ3) is 2.87. The van der Waals surface area contributed by atoms with Crippen molar-refractivity contribution in [1.82, 2.24) is 0 Å². The molecule has 0 aliphatic heterocycles. The summed E-state index contributed by atoms with van der Waals surface area (Å²) >= 11 is 5.97. The van der Waals surface area contributed by atoms with E-state index < -0.39 is 5.97 Å². The molecule has 0 bridgehead atoms. The minimum absolute atomic E-state index is 0.249. The Morgan fingerprint density at radius 1 is 0.955 bits per heavy atom. The lowest BCUT2D eigenvalue weighted by molar-refractivity contribution is -0.130. The van der Waals surface area contributed by atoms with Crippen molar-refractivity contribution in [3.8, 4) is 0 Å². The molecule has 0 spiro atoms. The Hall–Kier alpha value is -2.58. The molecule has 108 valence electrons. The molecule has 3 heteroatoms. The molecule has 0 amide bonds. The van der Waals surface area contributed by atoms with Gasteiger partial charge < -0.3 is 5.11 Å². The summed E-state index contributed by atoms with van der Waals surface area (Å²) in [6.45, 7) is 0. The highest BCUT2D eigenvalue weighted by molar-refractivity contribution is 6.31. The van der Waals surface area contributed by atoms with Crippen molar-refractivity contribution >= 4 is 40.0 Å². The second kappa shape index (κ2) is 6.04. The Morgan fingerprint density at radius 2 is 1.68 bits per heavy atom. The smallest absolute Gasteiger partial charge is 0.336 e. The maximum atomic E-state index is 11.7. The van der Waals surface area contributed by atoms with E-state index in [1.165, 1.54) is 0 Å². The van der Waals surface area contributed by atoms with Gasteiger partial charge in [-0.2, -0.15) is 0 Å². The van der Waals surface area contributed by atoms with E-state index in [0.29, 0.717) is 10.6 Å². The monoisotopic (exact) mass is 308 g/mol. The van der Waals surface area contributed by atoms with Crippen LogP contribution < -0.4 is 0 Å². The number of aliphatic carboxylic acids is 1. The van der Waals surface area contributed by atoms with E-state index in [4.69, 9.17) is 11.6 Å². The maximum Gasteiger partial charge on any atom is 0.336 e. The van der Waals surface area contributed by atoms with Crippen LogP contribution in [0, 0.1) is 0 Å². The topological polar surface area (TPSA) is 37.3 Å². The average molecular weight is 309 g/mol. The zero-order chi connectivity index (χ0) is 15.5. The lowest BCUT2D eigenvalue weighted by Gasteiger charge is -2.08. The van der Waals surface area contributed by atoms with Gasteiger partial charge in [-0.3, -0.25) is 0 Å². The van der Waals surface area contributed by atoms with E-state index in [1.54, 1.807) is 24.3 Å². The minimum atomic E-state index is -0.962. The molecule has 0 heterocycles. The number of hydrogen-bond donors (Lipinski definition) is 1. The molecule has 0 aromatic heterocycles. The highest BCUT2D eigenvalue weighted by Crippen LogP contribution is 2.27. The zero-order valence-corrected chi connectivity index (χ0v) is 12.4. The predicted molar refractivity (Wildman–Crippen MR) is 90.9 cm³/mol. The molecule has 0 unspecified atom stereocenters. The fourth-order valence-corrected chi connectivity index (χ4v) is 2.68. The van der Waals surface area contributed by atoms with Gasteiger partial charge in [-0.25, -0.2) is 4.79 Å². The number of hydrogen-bond acceptors (Lipinski definition) is 1. The van der Waals surface area contributed by atoms with Gasteiger partial charge in [0, 0.05) is 5.02 Å².